The molecule has 0 aliphatic rings. The number of benzene rings is 1. The van der Waals surface area contributed by atoms with E-state index in [2.05, 4.69) is 4.98 Å². The zero-order valence-corrected chi connectivity index (χ0v) is 11.0. The largest absolute Gasteiger partial charge is 0.421 e. The predicted molar refractivity (Wildman–Crippen MR) is 74.3 cm³/mol. The van der Waals surface area contributed by atoms with Gasteiger partial charge in [-0.3, -0.25) is 4.79 Å². The lowest BCUT2D eigenvalue weighted by molar-refractivity contribution is 0.163. The second-order valence-electron chi connectivity index (χ2n) is 3.91. The molecule has 96 valence electrons. The molecule has 2 aromatic heterocycles. The van der Waals surface area contributed by atoms with Gasteiger partial charge in [0.05, 0.1) is 5.52 Å². The number of nitrogens with one attached hydrogen (secondary N) is 1. The minimum atomic E-state index is -0.849. The molecule has 7 heteroatoms. The maximum absolute atomic E-state index is 11.7. The van der Waals surface area contributed by atoms with Gasteiger partial charge in [-0.1, -0.05) is 28.5 Å². The molecule has 0 atom stereocenters. The lowest BCUT2D eigenvalue weighted by atomic mass is 10.2. The summed E-state index contributed by atoms with van der Waals surface area (Å²) in [6.45, 7) is 0. The van der Waals surface area contributed by atoms with Gasteiger partial charge in [0.2, 0.25) is 0 Å². The first-order valence-corrected chi connectivity index (χ1v) is 6.50. The van der Waals surface area contributed by atoms with Crippen LogP contribution in [0.3, 0.4) is 0 Å². The number of halogens is 1. The van der Waals surface area contributed by atoms with E-state index >= 15 is 0 Å². The summed E-state index contributed by atoms with van der Waals surface area (Å²) in [5, 5.41) is 9.89. The molecule has 0 amide bonds. The van der Waals surface area contributed by atoms with Crippen LogP contribution in [0.25, 0.3) is 20.7 Å². The molecule has 2 heterocycles. The van der Waals surface area contributed by atoms with Crippen molar-refractivity contribution in [1.29, 1.82) is 0 Å². The Labute approximate surface area is 115 Å². The van der Waals surface area contributed by atoms with Crippen molar-refractivity contribution in [2.75, 3.05) is 0 Å². The second kappa shape index (κ2) is 4.25. The Morgan fingerprint density at radius 1 is 1.21 bits per heavy atom. The first-order chi connectivity index (χ1) is 9.06. The molecule has 1 aromatic carbocycles. The molecule has 0 aliphatic carbocycles. The normalized spacial score (nSPS) is 11.0. The van der Waals surface area contributed by atoms with Gasteiger partial charge in [-0.15, -0.1) is 11.3 Å². The quantitative estimate of drug-likeness (QED) is 0.676. The molecular weight excluding hydrogens is 288 g/mol. The van der Waals surface area contributed by atoms with Gasteiger partial charge < -0.3 is 10.2 Å². The minimum absolute atomic E-state index is 0.0739. The molecule has 0 saturated heterocycles. The van der Waals surface area contributed by atoms with E-state index < -0.39 is 11.2 Å². The fourth-order valence-corrected chi connectivity index (χ4v) is 2.93. The summed E-state index contributed by atoms with van der Waals surface area (Å²) in [5.41, 5.74) is -0.271. The average molecular weight is 295 g/mol. The Bertz CT molecular complexity index is 877. The number of aromatic amines is 1. The Hall–Kier alpha value is -2.05. The highest BCUT2D eigenvalue weighted by atomic mass is 35.5. The number of hydrogen-bond acceptors (Lipinski definition) is 4. The monoisotopic (exact) mass is 294 g/mol. The van der Waals surface area contributed by atoms with Crippen molar-refractivity contribution in [3.63, 3.8) is 0 Å². The van der Waals surface area contributed by atoms with Crippen LogP contribution in [-0.4, -0.2) is 14.9 Å². The van der Waals surface area contributed by atoms with Gasteiger partial charge in [0.1, 0.15) is 4.70 Å². The summed E-state index contributed by atoms with van der Waals surface area (Å²) >= 11 is 7.01. The van der Waals surface area contributed by atoms with Crippen LogP contribution in [0.5, 0.6) is 0 Å². The number of thiophene rings is 1. The maximum atomic E-state index is 11.7. The zero-order valence-electron chi connectivity index (χ0n) is 9.38. The molecule has 3 aromatic rings. The zero-order chi connectivity index (χ0) is 13.6. The van der Waals surface area contributed by atoms with Crippen LogP contribution in [0.2, 0.25) is 5.02 Å². The highest BCUT2D eigenvalue weighted by Gasteiger charge is 2.11. The fourth-order valence-electron chi connectivity index (χ4n) is 1.76. The van der Waals surface area contributed by atoms with Crippen LogP contribution in [0.15, 0.2) is 39.9 Å². The molecule has 0 bridgehead atoms. The first kappa shape index (κ1) is 12.0. The molecule has 0 spiro atoms. The summed E-state index contributed by atoms with van der Waals surface area (Å²) in [6.07, 6.45) is 0. The molecule has 0 saturated carbocycles. The molecule has 0 fully saturated rings. The van der Waals surface area contributed by atoms with Crippen LogP contribution < -0.4 is 11.2 Å². The minimum Gasteiger partial charge on any atom is -0.421 e. The van der Waals surface area contributed by atoms with Crippen molar-refractivity contribution < 1.29 is 5.21 Å². The Morgan fingerprint density at radius 3 is 2.58 bits per heavy atom. The highest BCUT2D eigenvalue weighted by Crippen LogP contribution is 2.30. The number of rotatable bonds is 1. The van der Waals surface area contributed by atoms with Crippen molar-refractivity contribution >= 4 is 33.2 Å². The smallest absolute Gasteiger partial charge is 0.362 e. The van der Waals surface area contributed by atoms with E-state index in [1.54, 1.807) is 18.2 Å². The predicted octanol–water partition coefficient (Wildman–Crippen LogP) is 2.31. The molecule has 2 N–H and O–H groups in total. The summed E-state index contributed by atoms with van der Waals surface area (Å²) in [5.74, 6) is 0. The lowest BCUT2D eigenvalue weighted by Gasteiger charge is -1.95. The number of nitrogens with zero attached hydrogens (tertiary/aromatic N) is 1. The van der Waals surface area contributed by atoms with Crippen LogP contribution in [-0.2, 0) is 0 Å². The van der Waals surface area contributed by atoms with Crippen molar-refractivity contribution in [2.45, 2.75) is 0 Å². The van der Waals surface area contributed by atoms with Crippen molar-refractivity contribution in [2.24, 2.45) is 0 Å². The molecule has 0 unspecified atom stereocenters. The molecule has 3 rings (SSSR count). The highest BCUT2D eigenvalue weighted by molar-refractivity contribution is 7.22. The maximum Gasteiger partial charge on any atom is 0.362 e. The van der Waals surface area contributed by atoms with E-state index in [1.165, 1.54) is 11.3 Å². The van der Waals surface area contributed by atoms with Crippen LogP contribution in [0.4, 0.5) is 0 Å². The van der Waals surface area contributed by atoms with E-state index in [4.69, 9.17) is 11.6 Å². The summed E-state index contributed by atoms with van der Waals surface area (Å²) in [4.78, 5) is 26.3. The third kappa shape index (κ3) is 1.94. The van der Waals surface area contributed by atoms with Crippen LogP contribution >= 0.6 is 22.9 Å². The van der Waals surface area contributed by atoms with Gasteiger partial charge in [0.15, 0.2) is 0 Å². The van der Waals surface area contributed by atoms with Gasteiger partial charge >= 0.3 is 11.2 Å². The summed E-state index contributed by atoms with van der Waals surface area (Å²) < 4.78 is 0.372. The van der Waals surface area contributed by atoms with Gasteiger partial charge in [-0.05, 0) is 23.8 Å². The fraction of sp³-hybridized carbons (Fsp3) is 0. The van der Waals surface area contributed by atoms with Gasteiger partial charge in [0.25, 0.3) is 0 Å². The Balaban J connectivity index is 2.28. The number of hydrogen-bond donors (Lipinski definition) is 2. The lowest BCUT2D eigenvalue weighted by Crippen LogP contribution is -2.32. The molecule has 19 heavy (non-hydrogen) atoms. The Kier molecular flexibility index (Phi) is 2.69. The van der Waals surface area contributed by atoms with Crippen molar-refractivity contribution in [3.05, 3.63) is 56.2 Å². The topological polar surface area (TPSA) is 75.1 Å². The van der Waals surface area contributed by atoms with E-state index in [-0.39, 0.29) is 4.73 Å². The third-order valence-corrected chi connectivity index (χ3v) is 4.11. The first-order valence-electron chi connectivity index (χ1n) is 5.30. The van der Waals surface area contributed by atoms with Gasteiger partial charge in [0, 0.05) is 9.90 Å². The number of aromatic nitrogens is 2. The van der Waals surface area contributed by atoms with E-state index in [0.717, 1.165) is 10.4 Å². The van der Waals surface area contributed by atoms with E-state index in [0.29, 0.717) is 15.2 Å². The van der Waals surface area contributed by atoms with E-state index in [9.17, 15) is 14.8 Å². The average Bonchev–Trinajstić information content (AvgIpc) is 2.81. The van der Waals surface area contributed by atoms with Crippen molar-refractivity contribution in [3.8, 4) is 10.4 Å². The third-order valence-electron chi connectivity index (χ3n) is 2.68. The molecular formula is C12H7ClN2O3S. The van der Waals surface area contributed by atoms with Crippen LogP contribution in [0, 0.1) is 0 Å². The molecule has 0 radical (unpaired) electrons. The van der Waals surface area contributed by atoms with Gasteiger partial charge in [-0.25, -0.2) is 4.79 Å². The summed E-state index contributed by atoms with van der Waals surface area (Å²) in [7, 11) is 0. The Morgan fingerprint density at radius 2 is 1.89 bits per heavy atom. The number of H-pyrrole nitrogens is 1. The SMILES string of the molecule is O=c1[nH]c2cc(-c3ccc(Cl)cc3)sc2c(=O)n1O. The van der Waals surface area contributed by atoms with E-state index in [1.807, 2.05) is 12.1 Å². The van der Waals surface area contributed by atoms with Crippen LogP contribution in [0.1, 0.15) is 0 Å². The van der Waals surface area contributed by atoms with Gasteiger partial charge in [-0.2, -0.15) is 0 Å². The summed E-state index contributed by atoms with van der Waals surface area (Å²) in [6, 6.07) is 8.83. The van der Waals surface area contributed by atoms with Crippen molar-refractivity contribution in [1.82, 2.24) is 9.71 Å². The standard InChI is InChI=1S/C12H7ClN2O3S/c13-7-3-1-6(2-4-7)9-5-8-10(19-9)11(16)15(18)12(17)14-8/h1-5,18H,(H,14,17). The molecule has 0 aliphatic heterocycles. The molecule has 5 nitrogen and oxygen atoms in total. The number of fused-ring (bicyclic) bond motifs is 1. The second-order valence-corrected chi connectivity index (χ2v) is 5.40.